The van der Waals surface area contributed by atoms with Gasteiger partial charge in [-0.15, -0.1) is 0 Å². The predicted molar refractivity (Wildman–Crippen MR) is 123 cm³/mol. The Hall–Kier alpha value is -1.92. The lowest BCUT2D eigenvalue weighted by atomic mass is 9.94. The normalized spacial score (nSPS) is 19.1. The van der Waals surface area contributed by atoms with Crippen molar-refractivity contribution >= 4 is 17.6 Å². The molecule has 0 radical (unpaired) electrons. The number of amides is 1. The van der Waals surface area contributed by atoms with Crippen LogP contribution in [0.25, 0.3) is 0 Å². The van der Waals surface area contributed by atoms with Gasteiger partial charge in [-0.05, 0) is 77.1 Å². The van der Waals surface area contributed by atoms with Gasteiger partial charge in [-0.3, -0.25) is 10.1 Å². The first kappa shape index (κ1) is 25.3. The van der Waals surface area contributed by atoms with E-state index in [1.165, 1.54) is 6.42 Å². The standard InChI is InChI=1S/C25H39NO5/c1-6-7-15-29-22-10-8-9-11-23(22)30-16-14-19-17-20(12-13-21(19)18(2)27)26-24(28)31-25(3,4)5/h12-13,17,22-23H,6-11,14-16H2,1-5H3,(H,26,28)/t22-,23+/m0/s1. The molecule has 0 aliphatic heterocycles. The summed E-state index contributed by atoms with van der Waals surface area (Å²) in [4.78, 5) is 24.2. The van der Waals surface area contributed by atoms with Crippen molar-refractivity contribution in [1.82, 2.24) is 0 Å². The van der Waals surface area contributed by atoms with E-state index >= 15 is 0 Å². The Morgan fingerprint density at radius 1 is 1.06 bits per heavy atom. The largest absolute Gasteiger partial charge is 0.444 e. The SMILES string of the molecule is CCCCO[C@H]1CCCC[C@H]1OCCc1cc(NC(=O)OC(C)(C)C)ccc1C(C)=O. The summed E-state index contributed by atoms with van der Waals surface area (Å²) in [5, 5.41) is 2.75. The third-order valence-electron chi connectivity index (χ3n) is 5.30. The maximum atomic E-state index is 12.1. The summed E-state index contributed by atoms with van der Waals surface area (Å²) in [6, 6.07) is 5.31. The maximum absolute atomic E-state index is 12.1. The van der Waals surface area contributed by atoms with Gasteiger partial charge in [0, 0.05) is 17.9 Å². The molecule has 0 saturated heterocycles. The summed E-state index contributed by atoms with van der Waals surface area (Å²) in [6.45, 7) is 10.5. The fourth-order valence-corrected chi connectivity index (χ4v) is 3.79. The van der Waals surface area contributed by atoms with Crippen LogP contribution in [0.5, 0.6) is 0 Å². The van der Waals surface area contributed by atoms with E-state index in [1.54, 1.807) is 19.1 Å². The zero-order valence-corrected chi connectivity index (χ0v) is 19.8. The highest BCUT2D eigenvalue weighted by molar-refractivity contribution is 5.96. The molecule has 31 heavy (non-hydrogen) atoms. The highest BCUT2D eigenvalue weighted by atomic mass is 16.6. The van der Waals surface area contributed by atoms with Gasteiger partial charge in [0.25, 0.3) is 0 Å². The van der Waals surface area contributed by atoms with Crippen LogP contribution in [0.4, 0.5) is 10.5 Å². The van der Waals surface area contributed by atoms with Crippen LogP contribution in [0.1, 0.15) is 89.1 Å². The first-order chi connectivity index (χ1) is 14.7. The van der Waals surface area contributed by atoms with Gasteiger partial charge in [-0.25, -0.2) is 4.79 Å². The van der Waals surface area contributed by atoms with E-state index in [0.29, 0.717) is 24.3 Å². The number of ketones is 1. The van der Waals surface area contributed by atoms with Crippen molar-refractivity contribution in [3.8, 4) is 0 Å². The minimum Gasteiger partial charge on any atom is -0.444 e. The van der Waals surface area contributed by atoms with Crippen LogP contribution in [0, 0.1) is 0 Å². The minimum atomic E-state index is -0.574. The Morgan fingerprint density at radius 3 is 2.29 bits per heavy atom. The lowest BCUT2D eigenvalue weighted by molar-refractivity contribution is -0.0919. The van der Waals surface area contributed by atoms with Crippen molar-refractivity contribution in [2.75, 3.05) is 18.5 Å². The molecule has 0 heterocycles. The molecular formula is C25H39NO5. The van der Waals surface area contributed by atoms with E-state index in [0.717, 1.165) is 44.3 Å². The summed E-state index contributed by atoms with van der Waals surface area (Å²) in [5.74, 6) is -0.00254. The van der Waals surface area contributed by atoms with Crippen LogP contribution in [-0.2, 0) is 20.6 Å². The average molecular weight is 434 g/mol. The zero-order chi connectivity index (χ0) is 22.9. The second-order valence-corrected chi connectivity index (χ2v) is 9.26. The van der Waals surface area contributed by atoms with E-state index in [1.807, 2.05) is 26.8 Å². The third-order valence-corrected chi connectivity index (χ3v) is 5.30. The lowest BCUT2D eigenvalue weighted by Gasteiger charge is -2.31. The Balaban J connectivity index is 1.98. The van der Waals surface area contributed by atoms with Crippen LogP contribution in [0.15, 0.2) is 18.2 Å². The van der Waals surface area contributed by atoms with Gasteiger partial charge < -0.3 is 14.2 Å². The molecule has 1 aliphatic rings. The average Bonchev–Trinajstić information content (AvgIpc) is 2.68. The highest BCUT2D eigenvalue weighted by Crippen LogP contribution is 2.25. The van der Waals surface area contributed by atoms with E-state index in [4.69, 9.17) is 14.2 Å². The second kappa shape index (κ2) is 12.2. The van der Waals surface area contributed by atoms with Gasteiger partial charge in [0.15, 0.2) is 5.78 Å². The third kappa shape index (κ3) is 8.99. The van der Waals surface area contributed by atoms with Gasteiger partial charge in [0.05, 0.1) is 18.8 Å². The molecule has 0 bridgehead atoms. The van der Waals surface area contributed by atoms with E-state index in [-0.39, 0.29) is 18.0 Å². The van der Waals surface area contributed by atoms with Gasteiger partial charge in [0.1, 0.15) is 5.60 Å². The van der Waals surface area contributed by atoms with E-state index in [9.17, 15) is 9.59 Å². The van der Waals surface area contributed by atoms with Crippen LogP contribution in [0.3, 0.4) is 0 Å². The van der Waals surface area contributed by atoms with Crippen molar-refractivity contribution < 1.29 is 23.8 Å². The molecule has 1 fully saturated rings. The summed E-state index contributed by atoms with van der Waals surface area (Å²) in [6.07, 6.45) is 6.94. The molecule has 0 aromatic heterocycles. The summed E-state index contributed by atoms with van der Waals surface area (Å²) in [7, 11) is 0. The number of unbranched alkanes of at least 4 members (excludes halogenated alkanes) is 1. The molecule has 2 rings (SSSR count). The number of anilines is 1. The number of carbonyl (C=O) groups excluding carboxylic acids is 2. The van der Waals surface area contributed by atoms with Crippen LogP contribution in [-0.4, -0.2) is 42.9 Å². The molecule has 1 N–H and O–H groups in total. The lowest BCUT2D eigenvalue weighted by Crippen LogP contribution is -2.35. The van der Waals surface area contributed by atoms with Gasteiger partial charge in [-0.2, -0.15) is 0 Å². The summed E-state index contributed by atoms with van der Waals surface area (Å²) >= 11 is 0. The number of hydrogen-bond acceptors (Lipinski definition) is 5. The van der Waals surface area contributed by atoms with Crippen molar-refractivity contribution in [1.29, 1.82) is 0 Å². The minimum absolute atomic E-state index is 0.00254. The maximum Gasteiger partial charge on any atom is 0.412 e. The Labute approximate surface area is 187 Å². The van der Waals surface area contributed by atoms with Gasteiger partial charge in [0.2, 0.25) is 0 Å². The number of nitrogens with one attached hydrogen (secondary N) is 1. The van der Waals surface area contributed by atoms with Crippen molar-refractivity contribution in [2.24, 2.45) is 0 Å². The highest BCUT2D eigenvalue weighted by Gasteiger charge is 2.26. The number of ether oxygens (including phenoxy) is 3. The number of hydrogen-bond donors (Lipinski definition) is 1. The Morgan fingerprint density at radius 2 is 1.71 bits per heavy atom. The number of Topliss-reactive ketones (excluding diaryl/α,β-unsaturated/α-hetero) is 1. The molecule has 174 valence electrons. The smallest absolute Gasteiger partial charge is 0.412 e. The second-order valence-electron chi connectivity index (χ2n) is 9.26. The van der Waals surface area contributed by atoms with Crippen molar-refractivity contribution in [2.45, 2.75) is 97.4 Å². The molecule has 0 unspecified atom stereocenters. The molecule has 1 aromatic carbocycles. The number of rotatable bonds is 10. The number of carbonyl (C=O) groups is 2. The molecule has 6 heteroatoms. The molecule has 6 nitrogen and oxygen atoms in total. The van der Waals surface area contributed by atoms with Crippen LogP contribution >= 0.6 is 0 Å². The Kier molecular flexibility index (Phi) is 9.97. The van der Waals surface area contributed by atoms with Gasteiger partial charge in [-0.1, -0.05) is 26.2 Å². The molecule has 0 spiro atoms. The summed E-state index contributed by atoms with van der Waals surface area (Å²) < 4.78 is 17.6. The van der Waals surface area contributed by atoms with Crippen molar-refractivity contribution in [3.63, 3.8) is 0 Å². The molecule has 1 aliphatic carbocycles. The zero-order valence-electron chi connectivity index (χ0n) is 19.8. The van der Waals surface area contributed by atoms with Crippen LogP contribution < -0.4 is 5.32 Å². The summed E-state index contributed by atoms with van der Waals surface area (Å²) in [5.41, 5.74) is 1.54. The Bertz CT molecular complexity index is 725. The predicted octanol–water partition coefficient (Wildman–Crippen LogP) is 5.92. The van der Waals surface area contributed by atoms with Crippen molar-refractivity contribution in [3.05, 3.63) is 29.3 Å². The molecule has 1 amide bonds. The molecule has 2 atom stereocenters. The van der Waals surface area contributed by atoms with E-state index in [2.05, 4.69) is 12.2 Å². The fraction of sp³-hybridized carbons (Fsp3) is 0.680. The van der Waals surface area contributed by atoms with Gasteiger partial charge >= 0.3 is 6.09 Å². The first-order valence-corrected chi connectivity index (χ1v) is 11.6. The number of benzene rings is 1. The molecule has 1 aromatic rings. The monoisotopic (exact) mass is 433 g/mol. The fourth-order valence-electron chi connectivity index (χ4n) is 3.79. The quantitative estimate of drug-likeness (QED) is 0.366. The van der Waals surface area contributed by atoms with E-state index < -0.39 is 11.7 Å². The molecule has 1 saturated carbocycles. The molecular weight excluding hydrogens is 394 g/mol. The first-order valence-electron chi connectivity index (χ1n) is 11.6. The van der Waals surface area contributed by atoms with Crippen LogP contribution in [0.2, 0.25) is 0 Å². The topological polar surface area (TPSA) is 73.9 Å².